The Morgan fingerprint density at radius 3 is 2.57 bits per heavy atom. The van der Waals surface area contributed by atoms with Crippen LogP contribution in [-0.2, 0) is 16.6 Å². The molecule has 0 heterocycles. The number of sulfonamides is 1. The van der Waals surface area contributed by atoms with E-state index in [1.54, 1.807) is 24.3 Å². The fraction of sp³-hybridized carbons (Fsp3) is 0.143. The molecular weight excluding hydrogens is 356 g/mol. The molecule has 2 aromatic carbocycles. The number of halogens is 1. The first kappa shape index (κ1) is 15.8. The minimum Gasteiger partial charge on any atom is -0.508 e. The lowest BCUT2D eigenvalue weighted by atomic mass is 10.2. The van der Waals surface area contributed by atoms with Crippen molar-refractivity contribution >= 4 is 31.6 Å². The van der Waals surface area contributed by atoms with E-state index in [2.05, 4.69) is 15.9 Å². The Kier molecular flexibility index (Phi) is 4.55. The number of nitrogen functional groups attached to an aromatic ring is 1. The summed E-state index contributed by atoms with van der Waals surface area (Å²) in [5, 5.41) is 9.74. The Labute approximate surface area is 132 Å². The van der Waals surface area contributed by atoms with Crippen LogP contribution in [0.1, 0.15) is 5.56 Å². The molecule has 0 bridgehead atoms. The van der Waals surface area contributed by atoms with Crippen LogP contribution >= 0.6 is 15.9 Å². The van der Waals surface area contributed by atoms with Crippen LogP contribution in [0, 0.1) is 0 Å². The van der Waals surface area contributed by atoms with Crippen molar-refractivity contribution in [1.82, 2.24) is 4.31 Å². The second kappa shape index (κ2) is 6.05. The molecule has 112 valence electrons. The normalized spacial score (nSPS) is 11.8. The molecule has 0 atom stereocenters. The predicted octanol–water partition coefficient (Wildman–Crippen LogP) is 2.56. The zero-order valence-electron chi connectivity index (χ0n) is 11.3. The van der Waals surface area contributed by atoms with Gasteiger partial charge >= 0.3 is 0 Å². The lowest BCUT2D eigenvalue weighted by Gasteiger charge is -2.19. The van der Waals surface area contributed by atoms with Crippen molar-refractivity contribution in [3.8, 4) is 5.75 Å². The van der Waals surface area contributed by atoms with E-state index in [9.17, 15) is 13.5 Å². The number of rotatable bonds is 4. The van der Waals surface area contributed by atoms with Gasteiger partial charge in [-0.15, -0.1) is 0 Å². The molecule has 0 aliphatic rings. The molecule has 0 unspecified atom stereocenters. The monoisotopic (exact) mass is 370 g/mol. The Balaban J connectivity index is 2.35. The maximum absolute atomic E-state index is 12.6. The molecule has 0 saturated heterocycles. The first-order valence-electron chi connectivity index (χ1n) is 6.10. The largest absolute Gasteiger partial charge is 0.508 e. The van der Waals surface area contributed by atoms with Gasteiger partial charge < -0.3 is 10.8 Å². The molecule has 2 rings (SSSR count). The summed E-state index contributed by atoms with van der Waals surface area (Å²) >= 11 is 3.24. The number of para-hydroxylation sites is 1. The highest BCUT2D eigenvalue weighted by Gasteiger charge is 2.24. The van der Waals surface area contributed by atoms with Crippen molar-refractivity contribution in [2.45, 2.75) is 11.4 Å². The number of aromatic hydroxyl groups is 1. The zero-order valence-corrected chi connectivity index (χ0v) is 13.7. The third kappa shape index (κ3) is 3.37. The van der Waals surface area contributed by atoms with Crippen LogP contribution < -0.4 is 5.73 Å². The molecule has 0 radical (unpaired) electrons. The smallest absolute Gasteiger partial charge is 0.245 e. The molecule has 3 N–H and O–H groups in total. The maximum atomic E-state index is 12.6. The third-order valence-corrected chi connectivity index (χ3v) is 5.40. The number of nitrogens with zero attached hydrogens (tertiary/aromatic N) is 1. The fourth-order valence-electron chi connectivity index (χ4n) is 1.87. The maximum Gasteiger partial charge on any atom is 0.245 e. The Morgan fingerprint density at radius 1 is 1.24 bits per heavy atom. The van der Waals surface area contributed by atoms with Gasteiger partial charge in [0.1, 0.15) is 10.6 Å². The zero-order chi connectivity index (χ0) is 15.6. The molecule has 0 spiro atoms. The van der Waals surface area contributed by atoms with E-state index in [1.165, 1.54) is 25.2 Å². The van der Waals surface area contributed by atoms with Crippen LogP contribution in [0.15, 0.2) is 51.8 Å². The van der Waals surface area contributed by atoms with Crippen molar-refractivity contribution in [3.05, 3.63) is 52.5 Å². The van der Waals surface area contributed by atoms with Crippen molar-refractivity contribution in [1.29, 1.82) is 0 Å². The highest BCUT2D eigenvalue weighted by atomic mass is 79.9. The lowest BCUT2D eigenvalue weighted by Crippen LogP contribution is -2.27. The molecule has 0 aliphatic heterocycles. The Morgan fingerprint density at radius 2 is 1.90 bits per heavy atom. The summed E-state index contributed by atoms with van der Waals surface area (Å²) in [6, 6.07) is 11.3. The number of anilines is 1. The highest BCUT2D eigenvalue weighted by molar-refractivity contribution is 9.10. The summed E-state index contributed by atoms with van der Waals surface area (Å²) in [4.78, 5) is 0.0368. The summed E-state index contributed by atoms with van der Waals surface area (Å²) < 4.78 is 26.9. The summed E-state index contributed by atoms with van der Waals surface area (Å²) in [6.45, 7) is 0.0565. The standard InChI is InChI=1S/C14H15BrN2O3S/c1-17(9-10-4-2-3-5-13(10)18)21(19,20)14-8-11(15)6-7-12(14)16/h2-8,18H,9,16H2,1H3. The minimum absolute atomic E-state index is 0.0368. The number of phenols is 1. The molecular formula is C14H15BrN2O3S. The van der Waals surface area contributed by atoms with Crippen molar-refractivity contribution in [3.63, 3.8) is 0 Å². The van der Waals surface area contributed by atoms with E-state index >= 15 is 0 Å². The van der Waals surface area contributed by atoms with Crippen LogP contribution in [0.3, 0.4) is 0 Å². The highest BCUT2D eigenvalue weighted by Crippen LogP contribution is 2.27. The Hall–Kier alpha value is -1.57. The van der Waals surface area contributed by atoms with Crippen LogP contribution in [0.2, 0.25) is 0 Å². The van der Waals surface area contributed by atoms with Gasteiger partial charge in [0.2, 0.25) is 10.0 Å². The molecule has 21 heavy (non-hydrogen) atoms. The molecule has 7 heteroatoms. The quantitative estimate of drug-likeness (QED) is 0.810. The minimum atomic E-state index is -3.74. The van der Waals surface area contributed by atoms with Crippen molar-refractivity contribution in [2.75, 3.05) is 12.8 Å². The average molecular weight is 371 g/mol. The second-order valence-electron chi connectivity index (χ2n) is 4.57. The SMILES string of the molecule is CN(Cc1ccccc1O)S(=O)(=O)c1cc(Br)ccc1N. The van der Waals surface area contributed by atoms with E-state index in [4.69, 9.17) is 5.73 Å². The molecule has 0 aliphatic carbocycles. The van der Waals surface area contributed by atoms with E-state index in [0.717, 1.165) is 4.31 Å². The first-order chi connectivity index (χ1) is 9.82. The van der Waals surface area contributed by atoms with Crippen molar-refractivity contribution in [2.24, 2.45) is 0 Å². The second-order valence-corrected chi connectivity index (χ2v) is 7.50. The number of nitrogens with two attached hydrogens (primary N) is 1. The molecule has 0 amide bonds. The van der Waals surface area contributed by atoms with Gasteiger partial charge in [0.25, 0.3) is 0 Å². The van der Waals surface area contributed by atoms with E-state index < -0.39 is 10.0 Å². The van der Waals surface area contributed by atoms with Gasteiger partial charge in [0.05, 0.1) is 5.69 Å². The molecule has 2 aromatic rings. The molecule has 0 saturated carbocycles. The topological polar surface area (TPSA) is 83.6 Å². The summed E-state index contributed by atoms with van der Waals surface area (Å²) in [5.74, 6) is 0.0572. The van der Waals surface area contributed by atoms with E-state index in [-0.39, 0.29) is 22.9 Å². The molecule has 0 fully saturated rings. The lowest BCUT2D eigenvalue weighted by molar-refractivity contribution is 0.436. The number of hydrogen-bond donors (Lipinski definition) is 2. The van der Waals surface area contributed by atoms with E-state index in [0.29, 0.717) is 10.0 Å². The van der Waals surface area contributed by atoms with E-state index in [1.807, 2.05) is 0 Å². The van der Waals surface area contributed by atoms with Crippen molar-refractivity contribution < 1.29 is 13.5 Å². The Bertz CT molecular complexity index is 763. The number of phenolic OH excluding ortho intramolecular Hbond substituents is 1. The molecule has 0 aromatic heterocycles. The fourth-order valence-corrected chi connectivity index (χ4v) is 3.67. The average Bonchev–Trinajstić information content (AvgIpc) is 2.43. The van der Waals surface area contributed by atoms with Gasteiger partial charge in [-0.05, 0) is 24.3 Å². The van der Waals surface area contributed by atoms with Gasteiger partial charge in [-0.3, -0.25) is 0 Å². The van der Waals surface area contributed by atoms with Gasteiger partial charge in [-0.2, -0.15) is 4.31 Å². The van der Waals surface area contributed by atoms with Gasteiger partial charge in [-0.1, -0.05) is 34.1 Å². The van der Waals surface area contributed by atoms with Gasteiger partial charge in [-0.25, -0.2) is 8.42 Å². The van der Waals surface area contributed by atoms with Gasteiger partial charge in [0.15, 0.2) is 0 Å². The van der Waals surface area contributed by atoms with Gasteiger partial charge in [0, 0.05) is 23.6 Å². The van der Waals surface area contributed by atoms with Crippen LogP contribution in [0.5, 0.6) is 5.75 Å². The summed E-state index contributed by atoms with van der Waals surface area (Å²) in [5.41, 5.74) is 6.47. The van der Waals surface area contributed by atoms with Crippen LogP contribution in [0.4, 0.5) is 5.69 Å². The summed E-state index contributed by atoms with van der Waals surface area (Å²) in [6.07, 6.45) is 0. The third-order valence-electron chi connectivity index (χ3n) is 3.05. The first-order valence-corrected chi connectivity index (χ1v) is 8.34. The molecule has 5 nitrogen and oxygen atoms in total. The van der Waals surface area contributed by atoms with Crippen LogP contribution in [-0.4, -0.2) is 24.9 Å². The summed E-state index contributed by atoms with van der Waals surface area (Å²) in [7, 11) is -2.29. The number of hydrogen-bond acceptors (Lipinski definition) is 4. The number of benzene rings is 2. The van der Waals surface area contributed by atoms with Crippen LogP contribution in [0.25, 0.3) is 0 Å². The predicted molar refractivity (Wildman–Crippen MR) is 85.3 cm³/mol.